The molecule has 0 aliphatic heterocycles. The third kappa shape index (κ3) is 3.69. The van der Waals surface area contributed by atoms with E-state index >= 15 is 0 Å². The minimum absolute atomic E-state index is 0.211. The summed E-state index contributed by atoms with van der Waals surface area (Å²) in [7, 11) is 0. The molecule has 0 fully saturated rings. The number of carbonyl (C=O) groups is 2. The van der Waals surface area contributed by atoms with Crippen molar-refractivity contribution in [1.82, 2.24) is 10.3 Å². The van der Waals surface area contributed by atoms with E-state index in [2.05, 4.69) is 10.3 Å². The number of rotatable bonds is 7. The van der Waals surface area contributed by atoms with Crippen molar-refractivity contribution < 1.29 is 14.7 Å². The second-order valence-electron chi connectivity index (χ2n) is 5.77. The van der Waals surface area contributed by atoms with Crippen molar-refractivity contribution in [2.45, 2.75) is 46.1 Å². The van der Waals surface area contributed by atoms with Gasteiger partial charge in [0.25, 0.3) is 0 Å². The van der Waals surface area contributed by atoms with E-state index in [4.69, 9.17) is 5.11 Å². The summed E-state index contributed by atoms with van der Waals surface area (Å²) < 4.78 is 1.10. The van der Waals surface area contributed by atoms with Crippen LogP contribution in [0, 0.1) is 5.41 Å². The molecular formula is C17H22N2O3S. The van der Waals surface area contributed by atoms with E-state index in [0.717, 1.165) is 15.2 Å². The number of fused-ring (bicyclic) bond motifs is 1. The summed E-state index contributed by atoms with van der Waals surface area (Å²) in [5.74, 6) is -1.24. The number of carbonyl (C=O) groups excluding carboxylic acids is 1. The summed E-state index contributed by atoms with van der Waals surface area (Å²) in [5.41, 5.74) is 0.310. The number of amides is 1. The van der Waals surface area contributed by atoms with Crippen LogP contribution in [0.4, 0.5) is 0 Å². The lowest BCUT2D eigenvalue weighted by Crippen LogP contribution is -2.48. The summed E-state index contributed by atoms with van der Waals surface area (Å²) in [6, 6.07) is 7.00. The Hall–Kier alpha value is -1.95. The third-order valence-electron chi connectivity index (χ3n) is 4.38. The molecule has 5 nitrogen and oxygen atoms in total. The number of aromatic nitrogens is 1. The predicted octanol–water partition coefficient (Wildman–Crippen LogP) is 3.23. The van der Waals surface area contributed by atoms with Crippen LogP contribution in [-0.2, 0) is 16.0 Å². The van der Waals surface area contributed by atoms with Crippen LogP contribution in [0.3, 0.4) is 0 Å². The molecule has 0 saturated carbocycles. The molecule has 124 valence electrons. The van der Waals surface area contributed by atoms with Gasteiger partial charge in [-0.2, -0.15) is 0 Å². The van der Waals surface area contributed by atoms with Gasteiger partial charge >= 0.3 is 5.97 Å². The summed E-state index contributed by atoms with van der Waals surface area (Å²) >= 11 is 1.59. The van der Waals surface area contributed by atoms with Crippen LogP contribution >= 0.6 is 11.3 Å². The maximum absolute atomic E-state index is 12.7. The number of para-hydroxylation sites is 1. The molecule has 1 atom stereocenters. The zero-order valence-corrected chi connectivity index (χ0v) is 14.4. The lowest BCUT2D eigenvalue weighted by atomic mass is 9.78. The molecule has 1 aromatic heterocycles. The zero-order chi connectivity index (χ0) is 17.0. The number of hydrogen-bond acceptors (Lipinski definition) is 4. The molecule has 2 N–H and O–H groups in total. The lowest BCUT2D eigenvalue weighted by Gasteiger charge is -2.30. The first kappa shape index (κ1) is 17.4. The van der Waals surface area contributed by atoms with Gasteiger partial charge in [-0.25, -0.2) is 4.98 Å². The van der Waals surface area contributed by atoms with Crippen LogP contribution in [0.2, 0.25) is 0 Å². The highest BCUT2D eigenvalue weighted by molar-refractivity contribution is 7.18. The number of aliphatic carboxylic acids is 1. The van der Waals surface area contributed by atoms with Crippen molar-refractivity contribution in [2.24, 2.45) is 5.41 Å². The molecule has 1 unspecified atom stereocenters. The predicted molar refractivity (Wildman–Crippen MR) is 91.6 cm³/mol. The Labute approximate surface area is 139 Å². The van der Waals surface area contributed by atoms with Crippen LogP contribution in [0.5, 0.6) is 0 Å². The van der Waals surface area contributed by atoms with Crippen molar-refractivity contribution in [3.8, 4) is 0 Å². The van der Waals surface area contributed by atoms with Crippen LogP contribution in [0.1, 0.15) is 38.6 Å². The monoisotopic (exact) mass is 334 g/mol. The van der Waals surface area contributed by atoms with Crippen LogP contribution in [0.25, 0.3) is 10.2 Å². The second kappa shape index (κ2) is 7.08. The van der Waals surface area contributed by atoms with Crippen LogP contribution < -0.4 is 5.32 Å². The van der Waals surface area contributed by atoms with Crippen molar-refractivity contribution in [3.63, 3.8) is 0 Å². The molecule has 0 aliphatic rings. The van der Waals surface area contributed by atoms with Gasteiger partial charge in [-0.05, 0) is 31.9 Å². The Bertz CT molecular complexity index is 674. The Kier molecular flexibility index (Phi) is 5.36. The Morgan fingerprint density at radius 2 is 1.96 bits per heavy atom. The van der Waals surface area contributed by atoms with Gasteiger partial charge in [-0.15, -0.1) is 11.3 Å². The van der Waals surface area contributed by atoms with Gasteiger partial charge in [0.05, 0.1) is 20.6 Å². The van der Waals surface area contributed by atoms with Gasteiger partial charge in [-0.3, -0.25) is 9.59 Å². The molecule has 23 heavy (non-hydrogen) atoms. The second-order valence-corrected chi connectivity index (χ2v) is 6.89. The van der Waals surface area contributed by atoms with Crippen LogP contribution in [0.15, 0.2) is 24.3 Å². The largest absolute Gasteiger partial charge is 0.480 e. The van der Waals surface area contributed by atoms with E-state index in [-0.39, 0.29) is 5.91 Å². The molecule has 2 aromatic rings. The van der Waals surface area contributed by atoms with E-state index in [1.54, 1.807) is 11.3 Å². The van der Waals surface area contributed by atoms with E-state index in [9.17, 15) is 9.59 Å². The minimum Gasteiger partial charge on any atom is -0.480 e. The van der Waals surface area contributed by atoms with Crippen molar-refractivity contribution in [1.29, 1.82) is 0 Å². The maximum Gasteiger partial charge on any atom is 0.325 e. The fraction of sp³-hybridized carbons (Fsp3) is 0.471. The van der Waals surface area contributed by atoms with Crippen molar-refractivity contribution >= 4 is 33.4 Å². The molecule has 0 saturated heterocycles. The zero-order valence-electron chi connectivity index (χ0n) is 13.6. The number of thiazole rings is 1. The summed E-state index contributed by atoms with van der Waals surface area (Å²) in [6.45, 7) is 5.40. The summed E-state index contributed by atoms with van der Waals surface area (Å²) in [5, 5.41) is 12.5. The number of benzene rings is 1. The van der Waals surface area contributed by atoms with Gasteiger partial charge in [0.2, 0.25) is 5.91 Å². The SMILES string of the molecule is CCC(CC)(Cc1nc2ccccc2s1)C(=O)NC(C)C(=O)O. The topological polar surface area (TPSA) is 79.3 Å². The highest BCUT2D eigenvalue weighted by Gasteiger charge is 2.37. The maximum atomic E-state index is 12.7. The quantitative estimate of drug-likeness (QED) is 0.815. The number of carboxylic acids is 1. The fourth-order valence-corrected chi connectivity index (χ4v) is 3.71. The van der Waals surface area contributed by atoms with Crippen molar-refractivity contribution in [2.75, 3.05) is 0 Å². The molecule has 1 heterocycles. The Morgan fingerprint density at radius 1 is 1.30 bits per heavy atom. The van der Waals surface area contributed by atoms with Gasteiger partial charge in [0, 0.05) is 6.42 Å². The summed E-state index contributed by atoms with van der Waals surface area (Å²) in [6.07, 6.45) is 1.80. The Balaban J connectivity index is 2.25. The molecule has 0 aliphatic carbocycles. The highest BCUT2D eigenvalue weighted by atomic mass is 32.1. The highest BCUT2D eigenvalue weighted by Crippen LogP contribution is 2.34. The number of hydrogen-bond donors (Lipinski definition) is 2. The molecule has 6 heteroatoms. The van der Waals surface area contributed by atoms with E-state index in [1.807, 2.05) is 38.1 Å². The van der Waals surface area contributed by atoms with Gasteiger partial charge in [-0.1, -0.05) is 26.0 Å². The Morgan fingerprint density at radius 3 is 2.52 bits per heavy atom. The summed E-state index contributed by atoms with van der Waals surface area (Å²) in [4.78, 5) is 28.3. The number of nitrogens with one attached hydrogen (secondary N) is 1. The van der Waals surface area contributed by atoms with Crippen LogP contribution in [-0.4, -0.2) is 28.0 Å². The number of carboxylic acid groups (broad SMARTS) is 1. The van der Waals surface area contributed by atoms with Crippen molar-refractivity contribution in [3.05, 3.63) is 29.3 Å². The minimum atomic E-state index is -1.03. The standard InChI is InChI=1S/C17H22N2O3S/c1-4-17(5-2,16(22)18-11(3)15(20)21)10-14-19-12-8-6-7-9-13(12)23-14/h6-9,11H,4-5,10H2,1-3H3,(H,18,22)(H,20,21). The van der Waals surface area contributed by atoms with Gasteiger partial charge < -0.3 is 10.4 Å². The van der Waals surface area contributed by atoms with Gasteiger partial charge in [0.1, 0.15) is 6.04 Å². The molecular weight excluding hydrogens is 312 g/mol. The lowest BCUT2D eigenvalue weighted by molar-refractivity contribution is -0.143. The smallest absolute Gasteiger partial charge is 0.325 e. The first-order valence-electron chi connectivity index (χ1n) is 7.80. The molecule has 1 aromatic carbocycles. The third-order valence-corrected chi connectivity index (χ3v) is 5.42. The first-order valence-corrected chi connectivity index (χ1v) is 8.61. The average molecular weight is 334 g/mol. The van der Waals surface area contributed by atoms with E-state index in [1.165, 1.54) is 6.92 Å². The molecule has 0 bridgehead atoms. The van der Waals surface area contributed by atoms with E-state index < -0.39 is 17.4 Å². The molecule has 2 rings (SSSR count). The van der Waals surface area contributed by atoms with E-state index in [0.29, 0.717) is 19.3 Å². The molecule has 1 amide bonds. The normalized spacial score (nSPS) is 13.0. The van der Waals surface area contributed by atoms with Gasteiger partial charge in [0.15, 0.2) is 0 Å². The fourth-order valence-electron chi connectivity index (χ4n) is 2.60. The average Bonchev–Trinajstić information content (AvgIpc) is 2.94. The first-order chi connectivity index (χ1) is 10.9. The molecule has 0 spiro atoms. The number of nitrogens with zero attached hydrogens (tertiary/aromatic N) is 1. The molecule has 0 radical (unpaired) electrons.